The number of benzene rings is 1. The van der Waals surface area contributed by atoms with Crippen LogP contribution >= 0.6 is 11.3 Å². The molecule has 0 atom stereocenters. The number of carbonyl (C=O) groups excluding carboxylic acids is 1. The number of thiazole rings is 1. The van der Waals surface area contributed by atoms with E-state index in [2.05, 4.69) is 9.88 Å². The van der Waals surface area contributed by atoms with Crippen LogP contribution in [0.15, 0.2) is 24.7 Å². The van der Waals surface area contributed by atoms with Crippen molar-refractivity contribution >= 4 is 32.6 Å². The fourth-order valence-corrected chi connectivity index (χ4v) is 4.89. The molecule has 8 nitrogen and oxygen atoms in total. The number of anilines is 1. The lowest BCUT2D eigenvalue weighted by molar-refractivity contribution is 0.0699. The number of hydrogen-bond acceptors (Lipinski definition) is 7. The average molecular weight is 416 g/mol. The van der Waals surface area contributed by atoms with Crippen molar-refractivity contribution in [1.82, 2.24) is 19.4 Å². The molecule has 4 rings (SSSR count). The molecule has 1 aliphatic heterocycles. The number of fused-ring (bicyclic) bond motifs is 1. The van der Waals surface area contributed by atoms with Crippen molar-refractivity contribution in [2.45, 2.75) is 18.9 Å². The largest absolute Gasteiger partial charge is 0.495 e. The summed E-state index contributed by atoms with van der Waals surface area (Å²) in [5, 5.41) is 0.960. The summed E-state index contributed by atoms with van der Waals surface area (Å²) < 4.78 is 13.7. The third kappa shape index (κ3) is 3.50. The molecular formula is C20H25N5O3S. The molecule has 0 spiro atoms. The molecule has 0 unspecified atom stereocenters. The molecule has 1 fully saturated rings. The number of aryl methyl sites for hydroxylation is 1. The molecule has 0 bridgehead atoms. The highest BCUT2D eigenvalue weighted by atomic mass is 32.1. The minimum atomic E-state index is 0.0120. The fourth-order valence-electron chi connectivity index (χ4n) is 3.76. The quantitative estimate of drug-likeness (QED) is 0.638. The average Bonchev–Trinajstić information content (AvgIpc) is 3.38. The number of imidazole rings is 1. The van der Waals surface area contributed by atoms with Crippen LogP contribution in [0.5, 0.6) is 11.5 Å². The molecule has 0 radical (unpaired) electrons. The zero-order valence-corrected chi connectivity index (χ0v) is 17.9. The molecular weight excluding hydrogens is 390 g/mol. The SMILES string of the molecule is COc1ccc(OC)c2sc(N3CCC(N(C)C(=O)c4cncn4C)CC3)nc12. The fraction of sp³-hybridized carbons (Fsp3) is 0.450. The first-order chi connectivity index (χ1) is 14.0. The van der Waals surface area contributed by atoms with Crippen molar-refractivity contribution < 1.29 is 14.3 Å². The Labute approximate surface area is 173 Å². The highest BCUT2D eigenvalue weighted by molar-refractivity contribution is 7.22. The Hall–Kier alpha value is -2.81. The van der Waals surface area contributed by atoms with Crippen LogP contribution in [0, 0.1) is 0 Å². The summed E-state index contributed by atoms with van der Waals surface area (Å²) in [5.74, 6) is 1.57. The third-order valence-electron chi connectivity index (χ3n) is 5.54. The van der Waals surface area contributed by atoms with Crippen molar-refractivity contribution in [3.8, 4) is 11.5 Å². The minimum absolute atomic E-state index is 0.0120. The Morgan fingerprint density at radius 1 is 1.21 bits per heavy atom. The summed E-state index contributed by atoms with van der Waals surface area (Å²) in [4.78, 5) is 25.7. The first kappa shape index (κ1) is 19.5. The van der Waals surface area contributed by atoms with Crippen LogP contribution in [0.2, 0.25) is 0 Å². The molecule has 1 saturated heterocycles. The molecule has 0 saturated carbocycles. The molecule has 0 N–H and O–H groups in total. The number of hydrogen-bond donors (Lipinski definition) is 0. The van der Waals surface area contributed by atoms with Gasteiger partial charge >= 0.3 is 0 Å². The van der Waals surface area contributed by atoms with E-state index in [9.17, 15) is 4.79 Å². The van der Waals surface area contributed by atoms with Gasteiger partial charge in [-0.3, -0.25) is 4.79 Å². The second-order valence-electron chi connectivity index (χ2n) is 7.17. The van der Waals surface area contributed by atoms with E-state index in [1.54, 1.807) is 42.6 Å². The highest BCUT2D eigenvalue weighted by Gasteiger charge is 2.28. The Bertz CT molecular complexity index is 981. The van der Waals surface area contributed by atoms with Gasteiger partial charge in [0.2, 0.25) is 0 Å². The summed E-state index contributed by atoms with van der Waals surface area (Å²) in [6.45, 7) is 1.69. The smallest absolute Gasteiger partial charge is 0.272 e. The number of rotatable bonds is 5. The molecule has 29 heavy (non-hydrogen) atoms. The van der Waals surface area contributed by atoms with Crippen molar-refractivity contribution in [2.75, 3.05) is 39.3 Å². The van der Waals surface area contributed by atoms with Gasteiger partial charge in [0.1, 0.15) is 27.4 Å². The normalized spacial score (nSPS) is 15.0. The zero-order chi connectivity index (χ0) is 20.5. The van der Waals surface area contributed by atoms with Crippen LogP contribution in [-0.4, -0.2) is 65.7 Å². The van der Waals surface area contributed by atoms with E-state index in [1.165, 1.54) is 0 Å². The maximum absolute atomic E-state index is 12.7. The number of nitrogens with zero attached hydrogens (tertiary/aromatic N) is 5. The molecule has 154 valence electrons. The number of methoxy groups -OCH3 is 2. The number of carbonyl (C=O) groups is 1. The summed E-state index contributed by atoms with van der Waals surface area (Å²) in [6, 6.07) is 4.00. The van der Waals surface area contributed by atoms with Crippen molar-refractivity contribution in [3.63, 3.8) is 0 Å². The second-order valence-corrected chi connectivity index (χ2v) is 8.15. The maximum Gasteiger partial charge on any atom is 0.272 e. The number of amides is 1. The zero-order valence-electron chi connectivity index (χ0n) is 17.1. The monoisotopic (exact) mass is 415 g/mol. The van der Waals surface area contributed by atoms with E-state index in [4.69, 9.17) is 14.5 Å². The summed E-state index contributed by atoms with van der Waals surface area (Å²) in [6.07, 6.45) is 5.06. The molecule has 3 heterocycles. The van der Waals surface area contributed by atoms with E-state index in [-0.39, 0.29) is 11.9 Å². The molecule has 9 heteroatoms. The standard InChI is InChI=1S/C20H25N5O3S/c1-23-12-21-11-14(23)19(26)24(2)13-7-9-25(10-8-13)20-22-17-15(27-3)5-6-16(28-4)18(17)29-20/h5-6,11-13H,7-10H2,1-4H3. The second kappa shape index (κ2) is 7.90. The summed E-state index contributed by atoms with van der Waals surface area (Å²) in [7, 11) is 7.04. The van der Waals surface area contributed by atoms with Crippen LogP contribution in [0.25, 0.3) is 10.2 Å². The van der Waals surface area contributed by atoms with Gasteiger partial charge in [-0.15, -0.1) is 0 Å². The van der Waals surface area contributed by atoms with Gasteiger partial charge in [-0.1, -0.05) is 11.3 Å². The van der Waals surface area contributed by atoms with Gasteiger partial charge in [0.15, 0.2) is 5.13 Å². The summed E-state index contributed by atoms with van der Waals surface area (Å²) >= 11 is 1.62. The molecule has 3 aromatic rings. The molecule has 1 aliphatic rings. The van der Waals surface area contributed by atoms with Crippen molar-refractivity contribution in [2.24, 2.45) is 7.05 Å². The maximum atomic E-state index is 12.7. The van der Waals surface area contributed by atoms with Crippen molar-refractivity contribution in [3.05, 3.63) is 30.4 Å². The van der Waals surface area contributed by atoms with Gasteiger partial charge in [0.05, 0.1) is 26.7 Å². The third-order valence-corrected chi connectivity index (χ3v) is 6.67. The lowest BCUT2D eigenvalue weighted by Gasteiger charge is -2.36. The van der Waals surface area contributed by atoms with Crippen LogP contribution in [0.1, 0.15) is 23.3 Å². The number of ether oxygens (including phenoxy) is 2. The number of piperidine rings is 1. The van der Waals surface area contributed by atoms with E-state index in [1.807, 2.05) is 31.1 Å². The predicted octanol–water partition coefficient (Wildman–Crippen LogP) is 2.79. The van der Waals surface area contributed by atoms with Gasteiger partial charge in [0.25, 0.3) is 5.91 Å². The van der Waals surface area contributed by atoms with Crippen LogP contribution in [0.3, 0.4) is 0 Å². The van der Waals surface area contributed by atoms with Crippen LogP contribution in [-0.2, 0) is 7.05 Å². The lowest BCUT2D eigenvalue weighted by Crippen LogP contribution is -2.46. The van der Waals surface area contributed by atoms with Gasteiger partial charge < -0.3 is 23.8 Å². The van der Waals surface area contributed by atoms with Crippen LogP contribution < -0.4 is 14.4 Å². The predicted molar refractivity (Wildman–Crippen MR) is 113 cm³/mol. The van der Waals surface area contributed by atoms with E-state index < -0.39 is 0 Å². The Kier molecular flexibility index (Phi) is 5.31. The first-order valence-electron chi connectivity index (χ1n) is 9.53. The van der Waals surface area contributed by atoms with E-state index in [0.717, 1.165) is 52.8 Å². The lowest BCUT2D eigenvalue weighted by atomic mass is 10.0. The van der Waals surface area contributed by atoms with Gasteiger partial charge in [0, 0.05) is 33.2 Å². The van der Waals surface area contributed by atoms with Crippen molar-refractivity contribution in [1.29, 1.82) is 0 Å². The van der Waals surface area contributed by atoms with Crippen LogP contribution in [0.4, 0.5) is 5.13 Å². The Morgan fingerprint density at radius 2 is 1.90 bits per heavy atom. The Morgan fingerprint density at radius 3 is 2.52 bits per heavy atom. The molecule has 1 amide bonds. The summed E-state index contributed by atoms with van der Waals surface area (Å²) in [5.41, 5.74) is 1.44. The van der Waals surface area contributed by atoms with E-state index in [0.29, 0.717) is 5.69 Å². The number of aromatic nitrogens is 3. The highest BCUT2D eigenvalue weighted by Crippen LogP contribution is 2.40. The molecule has 0 aliphatic carbocycles. The van der Waals surface area contributed by atoms with E-state index >= 15 is 0 Å². The topological polar surface area (TPSA) is 72.7 Å². The first-order valence-corrected chi connectivity index (χ1v) is 10.3. The molecule has 1 aromatic carbocycles. The minimum Gasteiger partial charge on any atom is -0.495 e. The Balaban J connectivity index is 1.48. The van der Waals surface area contributed by atoms with Gasteiger partial charge in [-0.2, -0.15) is 0 Å². The molecule has 2 aromatic heterocycles. The van der Waals surface area contributed by atoms with Gasteiger partial charge in [-0.25, -0.2) is 9.97 Å². The van der Waals surface area contributed by atoms with Gasteiger partial charge in [-0.05, 0) is 25.0 Å².